The van der Waals surface area contributed by atoms with Crippen LogP contribution in [0.25, 0.3) is 0 Å². The Morgan fingerprint density at radius 2 is 1.96 bits per heavy atom. The van der Waals surface area contributed by atoms with Gasteiger partial charge in [0.05, 0.1) is 5.69 Å². The molecule has 9 heteroatoms. The van der Waals surface area contributed by atoms with Crippen LogP contribution >= 0.6 is 35.0 Å². The number of carbonyl (C=O) groups is 1. The van der Waals surface area contributed by atoms with Gasteiger partial charge in [-0.25, -0.2) is 4.39 Å². The first-order valence-electron chi connectivity index (χ1n) is 6.22. The van der Waals surface area contributed by atoms with Crippen molar-refractivity contribution < 1.29 is 18.3 Å². The number of anilines is 1. The van der Waals surface area contributed by atoms with Gasteiger partial charge in [0.25, 0.3) is 0 Å². The number of benzene rings is 1. The highest BCUT2D eigenvalue weighted by atomic mass is 35.5. The van der Waals surface area contributed by atoms with Crippen LogP contribution in [0, 0.1) is 11.8 Å². The fourth-order valence-electron chi connectivity index (χ4n) is 1.55. The molecule has 1 aromatic heterocycles. The average Bonchev–Trinajstić information content (AvgIpc) is 2.54. The normalized spacial score (nSPS) is 10.6. The minimum Gasteiger partial charge on any atom is -0.467 e. The van der Waals surface area contributed by atoms with E-state index in [4.69, 9.17) is 33.7 Å². The Bertz CT molecular complexity index is 747. The molecule has 0 unspecified atom stereocenters. The number of halogens is 4. The molecule has 0 saturated heterocycles. The number of nitrogens with two attached hydrogens (primary N) is 1. The number of aromatic nitrogens is 1. The van der Waals surface area contributed by atoms with E-state index >= 15 is 0 Å². The van der Waals surface area contributed by atoms with E-state index in [2.05, 4.69) is 4.98 Å². The molecule has 0 amide bonds. The van der Waals surface area contributed by atoms with E-state index in [0.717, 1.165) is 11.8 Å². The molecule has 2 N–H and O–H groups in total. The van der Waals surface area contributed by atoms with Gasteiger partial charge in [0, 0.05) is 5.75 Å². The van der Waals surface area contributed by atoms with Crippen molar-refractivity contribution in [2.45, 2.75) is 5.75 Å². The highest BCUT2D eigenvalue weighted by Gasteiger charge is 2.17. The summed E-state index contributed by atoms with van der Waals surface area (Å²) in [5.74, 6) is -1.63. The molecule has 0 spiro atoms. The van der Waals surface area contributed by atoms with Crippen molar-refractivity contribution in [2.24, 2.45) is 0 Å². The molecule has 23 heavy (non-hydrogen) atoms. The lowest BCUT2D eigenvalue weighted by molar-refractivity contribution is -0.112. The monoisotopic (exact) mass is 378 g/mol. The molecule has 0 radical (unpaired) electrons. The highest BCUT2D eigenvalue weighted by molar-refractivity contribution is 8.13. The number of ether oxygens (including phenoxy) is 1. The third-order valence-electron chi connectivity index (χ3n) is 2.71. The van der Waals surface area contributed by atoms with E-state index < -0.39 is 28.5 Å². The van der Waals surface area contributed by atoms with E-state index in [1.165, 1.54) is 6.07 Å². The van der Waals surface area contributed by atoms with Gasteiger partial charge in [-0.2, -0.15) is 9.37 Å². The lowest BCUT2D eigenvalue weighted by Gasteiger charge is -2.09. The van der Waals surface area contributed by atoms with Crippen LogP contribution in [-0.2, 0) is 10.5 Å². The van der Waals surface area contributed by atoms with Gasteiger partial charge < -0.3 is 10.5 Å². The van der Waals surface area contributed by atoms with Crippen molar-refractivity contribution in [3.63, 3.8) is 0 Å². The Morgan fingerprint density at radius 3 is 2.65 bits per heavy atom. The van der Waals surface area contributed by atoms with E-state index in [1.54, 1.807) is 18.2 Å². The maximum Gasteiger partial charge on any atom is 0.238 e. The zero-order chi connectivity index (χ0) is 17.0. The summed E-state index contributed by atoms with van der Waals surface area (Å²) in [4.78, 5) is 15.1. The van der Waals surface area contributed by atoms with Crippen LogP contribution in [-0.4, -0.2) is 16.7 Å². The van der Waals surface area contributed by atoms with Gasteiger partial charge in [-0.3, -0.25) is 4.79 Å². The van der Waals surface area contributed by atoms with Crippen molar-refractivity contribution >= 4 is 45.8 Å². The van der Waals surface area contributed by atoms with Crippen LogP contribution in [0.2, 0.25) is 10.0 Å². The maximum absolute atomic E-state index is 13.4. The van der Waals surface area contributed by atoms with Crippen LogP contribution in [0.1, 0.15) is 5.56 Å². The molecule has 0 atom stereocenters. The van der Waals surface area contributed by atoms with Crippen LogP contribution in [0.4, 0.5) is 14.5 Å². The number of nitrogen functional groups attached to an aromatic ring is 1. The van der Waals surface area contributed by atoms with Crippen molar-refractivity contribution in [2.75, 3.05) is 12.3 Å². The summed E-state index contributed by atoms with van der Waals surface area (Å²) in [6.07, 6.45) is 0. The van der Waals surface area contributed by atoms with E-state index in [0.29, 0.717) is 5.56 Å². The number of thioether (sulfide) groups is 1. The first kappa shape index (κ1) is 17.8. The summed E-state index contributed by atoms with van der Waals surface area (Å²) in [5.41, 5.74) is 5.66. The lowest BCUT2D eigenvalue weighted by Crippen LogP contribution is -2.10. The average molecular weight is 379 g/mol. The Kier molecular flexibility index (Phi) is 6.04. The minimum absolute atomic E-state index is 0.146. The first-order chi connectivity index (χ1) is 10.9. The number of nitrogens with zero attached hydrogens (tertiary/aromatic N) is 1. The zero-order valence-corrected chi connectivity index (χ0v) is 13.8. The summed E-state index contributed by atoms with van der Waals surface area (Å²) in [7, 11) is 0. The molecule has 0 aliphatic rings. The summed E-state index contributed by atoms with van der Waals surface area (Å²) in [6.45, 7) is -0.424. The molecule has 0 bridgehead atoms. The number of pyridine rings is 1. The van der Waals surface area contributed by atoms with E-state index in [-0.39, 0.29) is 22.3 Å². The van der Waals surface area contributed by atoms with Crippen LogP contribution in [0.5, 0.6) is 5.88 Å². The van der Waals surface area contributed by atoms with Crippen LogP contribution in [0.3, 0.4) is 0 Å². The third-order valence-corrected chi connectivity index (χ3v) is 4.33. The molecule has 122 valence electrons. The molecule has 2 rings (SSSR count). The second-order valence-electron chi connectivity index (χ2n) is 4.29. The largest absolute Gasteiger partial charge is 0.467 e. The molecule has 2 aromatic rings. The van der Waals surface area contributed by atoms with Crippen molar-refractivity contribution in [3.8, 4) is 5.88 Å². The molecule has 0 aliphatic carbocycles. The molecular formula is C14H10Cl2F2N2O2S. The van der Waals surface area contributed by atoms with E-state index in [9.17, 15) is 13.6 Å². The summed E-state index contributed by atoms with van der Waals surface area (Å²) < 4.78 is 31.8. The summed E-state index contributed by atoms with van der Waals surface area (Å²) in [6, 6.07) is 6.11. The predicted molar refractivity (Wildman–Crippen MR) is 86.8 cm³/mol. The Labute approximate surface area is 144 Å². The van der Waals surface area contributed by atoms with Gasteiger partial charge in [0.2, 0.25) is 16.9 Å². The predicted octanol–water partition coefficient (Wildman–Crippen LogP) is 4.09. The van der Waals surface area contributed by atoms with Crippen molar-refractivity contribution in [1.29, 1.82) is 0 Å². The minimum atomic E-state index is -1.05. The molecule has 4 nitrogen and oxygen atoms in total. The van der Waals surface area contributed by atoms with E-state index in [1.807, 2.05) is 0 Å². The number of hydrogen-bond donors (Lipinski definition) is 1. The van der Waals surface area contributed by atoms with Crippen LogP contribution in [0.15, 0.2) is 24.3 Å². The van der Waals surface area contributed by atoms with Gasteiger partial charge in [-0.1, -0.05) is 53.2 Å². The quantitative estimate of drug-likeness (QED) is 0.793. The number of hydrogen-bond acceptors (Lipinski definition) is 5. The summed E-state index contributed by atoms with van der Waals surface area (Å²) in [5, 5.41) is -0.994. The van der Waals surface area contributed by atoms with Gasteiger partial charge in [-0.05, 0) is 11.6 Å². The Hall–Kier alpha value is -1.57. The fourth-order valence-corrected chi connectivity index (χ4v) is 2.62. The van der Waals surface area contributed by atoms with Gasteiger partial charge in [0.1, 0.15) is 15.9 Å². The molecular weight excluding hydrogens is 369 g/mol. The number of carbonyl (C=O) groups excluding carboxylic acids is 1. The Morgan fingerprint density at radius 1 is 1.26 bits per heavy atom. The smallest absolute Gasteiger partial charge is 0.238 e. The van der Waals surface area contributed by atoms with Crippen molar-refractivity contribution in [3.05, 3.63) is 51.6 Å². The molecule has 1 heterocycles. The standard InChI is InChI=1S/C14H10Cl2F2N2O2S/c15-10-12(19)11(16)14(20-13(10)18)22-5-9(21)23-6-7-3-1-2-4-8(7)17/h1-4H,5-6H2,(H2,19,20). The number of rotatable bonds is 5. The zero-order valence-electron chi connectivity index (χ0n) is 11.5. The highest BCUT2D eigenvalue weighted by Crippen LogP contribution is 2.35. The second-order valence-corrected chi connectivity index (χ2v) is 6.08. The molecule has 0 aliphatic heterocycles. The first-order valence-corrected chi connectivity index (χ1v) is 7.96. The fraction of sp³-hybridized carbons (Fsp3) is 0.143. The molecule has 0 fully saturated rings. The maximum atomic E-state index is 13.4. The Balaban J connectivity index is 1.94. The van der Waals surface area contributed by atoms with Gasteiger partial charge >= 0.3 is 0 Å². The van der Waals surface area contributed by atoms with Crippen LogP contribution < -0.4 is 10.5 Å². The van der Waals surface area contributed by atoms with Crippen molar-refractivity contribution in [1.82, 2.24) is 4.98 Å². The third kappa shape index (κ3) is 4.46. The van der Waals surface area contributed by atoms with Gasteiger partial charge in [0.15, 0.2) is 6.61 Å². The second kappa shape index (κ2) is 7.81. The topological polar surface area (TPSA) is 65.2 Å². The summed E-state index contributed by atoms with van der Waals surface area (Å²) >= 11 is 12.2. The molecule has 0 saturated carbocycles. The molecule has 1 aromatic carbocycles. The SMILES string of the molecule is Nc1c(Cl)c(F)nc(OCC(=O)SCc2ccccc2F)c1Cl. The lowest BCUT2D eigenvalue weighted by atomic mass is 10.2. The van der Waals surface area contributed by atoms with Gasteiger partial charge in [-0.15, -0.1) is 0 Å².